The molecule has 1 unspecified atom stereocenters. The first-order valence-electron chi connectivity index (χ1n) is 8.48. The second-order valence-corrected chi connectivity index (χ2v) is 7.95. The molecular weight excluding hydrogens is 260 g/mol. The molecule has 4 bridgehead atoms. The molecule has 1 aromatic rings. The summed E-state index contributed by atoms with van der Waals surface area (Å²) >= 11 is 0. The summed E-state index contributed by atoms with van der Waals surface area (Å²) in [6, 6.07) is 0.454. The molecule has 1 aromatic heterocycles. The van der Waals surface area contributed by atoms with Gasteiger partial charge < -0.3 is 5.32 Å². The lowest BCUT2D eigenvalue weighted by Gasteiger charge is -2.59. The standard InChI is InChI=1S/C17H26N4/c1-10-11(2)20-21-16(18-10)19-12(3)17-7-13-4-14(8-17)6-15(5-13)9-17/h12-15H,4-9H2,1-3H3,(H,18,19,21). The maximum atomic E-state index is 4.56. The van der Waals surface area contributed by atoms with Gasteiger partial charge in [0.25, 0.3) is 0 Å². The predicted molar refractivity (Wildman–Crippen MR) is 83.0 cm³/mol. The highest BCUT2D eigenvalue weighted by Crippen LogP contribution is 2.61. The molecule has 4 nitrogen and oxygen atoms in total. The minimum absolute atomic E-state index is 0.454. The molecule has 1 N–H and O–H groups in total. The van der Waals surface area contributed by atoms with Gasteiger partial charge in [-0.25, -0.2) is 4.98 Å². The largest absolute Gasteiger partial charge is 0.350 e. The van der Waals surface area contributed by atoms with E-state index in [-0.39, 0.29) is 0 Å². The van der Waals surface area contributed by atoms with E-state index in [0.717, 1.165) is 29.1 Å². The van der Waals surface area contributed by atoms with Gasteiger partial charge in [0.2, 0.25) is 5.95 Å². The Labute approximate surface area is 127 Å². The van der Waals surface area contributed by atoms with Crippen LogP contribution in [0.1, 0.15) is 56.8 Å². The molecule has 0 saturated heterocycles. The molecule has 0 aromatic carbocycles. The second-order valence-electron chi connectivity index (χ2n) is 7.95. The molecule has 4 fully saturated rings. The van der Waals surface area contributed by atoms with Crippen LogP contribution in [-0.4, -0.2) is 21.2 Å². The Bertz CT molecular complexity index is 518. The van der Waals surface area contributed by atoms with Crippen LogP contribution in [0.4, 0.5) is 5.95 Å². The van der Waals surface area contributed by atoms with Crippen LogP contribution >= 0.6 is 0 Å². The molecule has 4 aliphatic carbocycles. The van der Waals surface area contributed by atoms with Gasteiger partial charge >= 0.3 is 0 Å². The molecule has 0 aliphatic heterocycles. The summed E-state index contributed by atoms with van der Waals surface area (Å²) < 4.78 is 0. The maximum absolute atomic E-state index is 4.56. The molecule has 0 radical (unpaired) electrons. The second kappa shape index (κ2) is 4.65. The van der Waals surface area contributed by atoms with Gasteiger partial charge in [-0.15, -0.1) is 5.10 Å². The van der Waals surface area contributed by atoms with Crippen molar-refractivity contribution in [2.75, 3.05) is 5.32 Å². The average molecular weight is 286 g/mol. The number of hydrogen-bond donors (Lipinski definition) is 1. The Hall–Kier alpha value is -1.19. The summed E-state index contributed by atoms with van der Waals surface area (Å²) in [7, 11) is 0. The van der Waals surface area contributed by atoms with E-state index in [4.69, 9.17) is 0 Å². The van der Waals surface area contributed by atoms with Crippen LogP contribution in [0.2, 0.25) is 0 Å². The predicted octanol–water partition coefficient (Wildman–Crippen LogP) is 3.51. The van der Waals surface area contributed by atoms with Crippen molar-refractivity contribution in [3.63, 3.8) is 0 Å². The van der Waals surface area contributed by atoms with Gasteiger partial charge in [0.05, 0.1) is 11.4 Å². The number of anilines is 1. The molecule has 4 saturated carbocycles. The van der Waals surface area contributed by atoms with E-state index in [1.165, 1.54) is 38.5 Å². The molecule has 1 heterocycles. The van der Waals surface area contributed by atoms with Gasteiger partial charge in [-0.05, 0) is 82.5 Å². The van der Waals surface area contributed by atoms with Crippen molar-refractivity contribution in [2.24, 2.45) is 23.2 Å². The topological polar surface area (TPSA) is 50.7 Å². The minimum atomic E-state index is 0.454. The first-order valence-corrected chi connectivity index (χ1v) is 8.48. The van der Waals surface area contributed by atoms with E-state index in [2.05, 4.69) is 27.4 Å². The highest BCUT2D eigenvalue weighted by molar-refractivity contribution is 5.28. The van der Waals surface area contributed by atoms with E-state index >= 15 is 0 Å². The first kappa shape index (κ1) is 13.5. The third kappa shape index (κ3) is 2.23. The zero-order chi connectivity index (χ0) is 14.6. The summed E-state index contributed by atoms with van der Waals surface area (Å²) in [6.07, 6.45) is 8.71. The quantitative estimate of drug-likeness (QED) is 0.924. The lowest BCUT2D eigenvalue weighted by atomic mass is 9.48. The van der Waals surface area contributed by atoms with Gasteiger partial charge in [-0.1, -0.05) is 0 Å². The van der Waals surface area contributed by atoms with E-state index in [0.29, 0.717) is 17.4 Å². The fourth-order valence-electron chi connectivity index (χ4n) is 5.57. The molecule has 5 rings (SSSR count). The summed E-state index contributed by atoms with van der Waals surface area (Å²) in [6.45, 7) is 6.30. The SMILES string of the molecule is Cc1nnc(NC(C)C23CC4CC(CC(C4)C2)C3)nc1C. The normalized spacial score (nSPS) is 38.5. The number of hydrogen-bond acceptors (Lipinski definition) is 4. The van der Waals surface area contributed by atoms with Gasteiger partial charge in [0.1, 0.15) is 0 Å². The highest BCUT2D eigenvalue weighted by atomic mass is 15.2. The van der Waals surface area contributed by atoms with Gasteiger partial charge in [-0.3, -0.25) is 0 Å². The average Bonchev–Trinajstić information content (AvgIpc) is 2.41. The highest BCUT2D eigenvalue weighted by Gasteiger charge is 2.53. The van der Waals surface area contributed by atoms with Crippen molar-refractivity contribution in [3.05, 3.63) is 11.4 Å². The Morgan fingerprint density at radius 2 is 1.52 bits per heavy atom. The van der Waals surface area contributed by atoms with Crippen LogP contribution in [0.25, 0.3) is 0 Å². The van der Waals surface area contributed by atoms with Gasteiger partial charge in [0, 0.05) is 6.04 Å². The number of rotatable bonds is 3. The number of nitrogens with one attached hydrogen (secondary N) is 1. The third-order valence-electron chi connectivity index (χ3n) is 6.44. The van der Waals surface area contributed by atoms with Gasteiger partial charge in [-0.2, -0.15) is 5.10 Å². The summed E-state index contributed by atoms with van der Waals surface area (Å²) in [4.78, 5) is 4.56. The molecule has 4 heteroatoms. The lowest BCUT2D eigenvalue weighted by molar-refractivity contribution is -0.0603. The van der Waals surface area contributed by atoms with E-state index in [9.17, 15) is 0 Å². The Morgan fingerprint density at radius 3 is 2.05 bits per heavy atom. The fraction of sp³-hybridized carbons (Fsp3) is 0.824. The van der Waals surface area contributed by atoms with E-state index in [1.807, 2.05) is 13.8 Å². The van der Waals surface area contributed by atoms with Crippen molar-refractivity contribution in [2.45, 2.75) is 65.3 Å². The van der Waals surface area contributed by atoms with Crippen molar-refractivity contribution < 1.29 is 0 Å². The zero-order valence-electron chi connectivity index (χ0n) is 13.4. The number of nitrogens with zero attached hydrogens (tertiary/aromatic N) is 3. The van der Waals surface area contributed by atoms with Gasteiger partial charge in [0.15, 0.2) is 0 Å². The smallest absolute Gasteiger partial charge is 0.243 e. The molecular formula is C17H26N4. The monoisotopic (exact) mass is 286 g/mol. The van der Waals surface area contributed by atoms with Crippen molar-refractivity contribution in [3.8, 4) is 0 Å². The van der Waals surface area contributed by atoms with Crippen LogP contribution < -0.4 is 5.32 Å². The lowest BCUT2D eigenvalue weighted by Crippen LogP contribution is -2.53. The fourth-order valence-corrected chi connectivity index (χ4v) is 5.57. The molecule has 114 valence electrons. The van der Waals surface area contributed by atoms with Crippen LogP contribution in [0.3, 0.4) is 0 Å². The van der Waals surface area contributed by atoms with Crippen LogP contribution in [0.15, 0.2) is 0 Å². The van der Waals surface area contributed by atoms with Crippen molar-refractivity contribution in [1.29, 1.82) is 0 Å². The molecule has 4 aliphatic rings. The van der Waals surface area contributed by atoms with E-state index in [1.54, 1.807) is 0 Å². The number of aromatic nitrogens is 3. The minimum Gasteiger partial charge on any atom is -0.350 e. The van der Waals surface area contributed by atoms with Crippen LogP contribution in [0.5, 0.6) is 0 Å². The Morgan fingerprint density at radius 1 is 0.952 bits per heavy atom. The summed E-state index contributed by atoms with van der Waals surface area (Å²) in [5.74, 6) is 3.67. The molecule has 21 heavy (non-hydrogen) atoms. The molecule has 0 amide bonds. The van der Waals surface area contributed by atoms with Crippen molar-refractivity contribution >= 4 is 5.95 Å². The third-order valence-corrected chi connectivity index (χ3v) is 6.44. The summed E-state index contributed by atoms with van der Waals surface area (Å²) in [5.41, 5.74) is 2.38. The first-order chi connectivity index (χ1) is 10.0. The van der Waals surface area contributed by atoms with Crippen LogP contribution in [0, 0.1) is 37.0 Å². The maximum Gasteiger partial charge on any atom is 0.243 e. The zero-order valence-corrected chi connectivity index (χ0v) is 13.4. The Kier molecular flexibility index (Phi) is 2.98. The van der Waals surface area contributed by atoms with Crippen molar-refractivity contribution in [1.82, 2.24) is 15.2 Å². The number of aryl methyl sites for hydroxylation is 2. The molecule has 1 atom stereocenters. The summed E-state index contributed by atoms with van der Waals surface area (Å²) in [5, 5.41) is 12.0. The van der Waals surface area contributed by atoms with Crippen LogP contribution in [-0.2, 0) is 0 Å². The Balaban J connectivity index is 1.54. The van der Waals surface area contributed by atoms with E-state index < -0.39 is 0 Å². The molecule has 0 spiro atoms.